The second-order valence-electron chi connectivity index (χ2n) is 5.32. The number of benzene rings is 1. The Bertz CT molecular complexity index is 720. The van der Waals surface area contributed by atoms with Gasteiger partial charge in [-0.3, -0.25) is 4.79 Å². The van der Waals surface area contributed by atoms with E-state index in [1.165, 1.54) is 21.1 Å². The zero-order chi connectivity index (χ0) is 17.7. The molecule has 0 fully saturated rings. The van der Waals surface area contributed by atoms with Gasteiger partial charge in [0, 0.05) is 12.6 Å². The zero-order valence-electron chi connectivity index (χ0n) is 13.8. The SMILES string of the molecule is COC(=O)/C=C(\C(=O)OC)N1C=Cc2ccccc2[C@@H]1CC(C)=O. The summed E-state index contributed by atoms with van der Waals surface area (Å²) in [6, 6.07) is 7.18. The molecular formula is C18H19NO5. The molecule has 0 saturated carbocycles. The summed E-state index contributed by atoms with van der Waals surface area (Å²) in [7, 11) is 2.46. The van der Waals surface area contributed by atoms with Gasteiger partial charge in [0.15, 0.2) is 0 Å². The Morgan fingerprint density at radius 2 is 1.88 bits per heavy atom. The average molecular weight is 329 g/mol. The summed E-state index contributed by atoms with van der Waals surface area (Å²) < 4.78 is 9.39. The van der Waals surface area contributed by atoms with Gasteiger partial charge in [-0.2, -0.15) is 0 Å². The van der Waals surface area contributed by atoms with Crippen LogP contribution in [0.25, 0.3) is 6.08 Å². The molecular weight excluding hydrogens is 310 g/mol. The Labute approximate surface area is 140 Å². The van der Waals surface area contributed by atoms with E-state index >= 15 is 0 Å². The van der Waals surface area contributed by atoms with Crippen molar-refractivity contribution in [2.75, 3.05) is 14.2 Å². The molecule has 0 aromatic heterocycles. The first-order valence-corrected chi connectivity index (χ1v) is 7.40. The number of carbonyl (C=O) groups is 3. The van der Waals surface area contributed by atoms with Crippen LogP contribution in [0.5, 0.6) is 0 Å². The highest BCUT2D eigenvalue weighted by Gasteiger charge is 2.30. The van der Waals surface area contributed by atoms with Crippen molar-refractivity contribution >= 4 is 23.8 Å². The van der Waals surface area contributed by atoms with Gasteiger partial charge in [-0.15, -0.1) is 0 Å². The Morgan fingerprint density at radius 1 is 1.17 bits per heavy atom. The van der Waals surface area contributed by atoms with Crippen LogP contribution in [0.1, 0.15) is 30.5 Å². The van der Waals surface area contributed by atoms with Crippen molar-refractivity contribution in [2.24, 2.45) is 0 Å². The topological polar surface area (TPSA) is 72.9 Å². The number of carbonyl (C=O) groups excluding carboxylic acids is 3. The van der Waals surface area contributed by atoms with Crippen molar-refractivity contribution in [3.63, 3.8) is 0 Å². The van der Waals surface area contributed by atoms with Gasteiger partial charge in [0.1, 0.15) is 11.5 Å². The van der Waals surface area contributed by atoms with E-state index in [9.17, 15) is 14.4 Å². The van der Waals surface area contributed by atoms with Gasteiger partial charge in [-0.05, 0) is 24.1 Å². The molecule has 0 bridgehead atoms. The number of nitrogens with zero attached hydrogens (tertiary/aromatic N) is 1. The lowest BCUT2D eigenvalue weighted by molar-refractivity contribution is -0.140. The average Bonchev–Trinajstić information content (AvgIpc) is 2.59. The fraction of sp³-hybridized carbons (Fsp3) is 0.278. The van der Waals surface area contributed by atoms with Crippen molar-refractivity contribution in [3.8, 4) is 0 Å². The summed E-state index contributed by atoms with van der Waals surface area (Å²) in [5, 5.41) is 0. The van der Waals surface area contributed by atoms with E-state index in [2.05, 4.69) is 4.74 Å². The molecule has 0 aliphatic carbocycles. The third kappa shape index (κ3) is 3.71. The van der Waals surface area contributed by atoms with Gasteiger partial charge < -0.3 is 14.4 Å². The highest BCUT2D eigenvalue weighted by molar-refractivity contribution is 5.96. The quantitative estimate of drug-likeness (QED) is 0.609. The minimum atomic E-state index is -0.682. The van der Waals surface area contributed by atoms with E-state index < -0.39 is 18.0 Å². The van der Waals surface area contributed by atoms with E-state index in [1.807, 2.05) is 30.3 Å². The van der Waals surface area contributed by atoms with Crippen molar-refractivity contribution in [3.05, 3.63) is 53.4 Å². The van der Waals surface area contributed by atoms with Crippen LogP contribution in [-0.4, -0.2) is 36.8 Å². The Balaban J connectivity index is 2.52. The van der Waals surface area contributed by atoms with Crippen LogP contribution < -0.4 is 0 Å². The minimum Gasteiger partial charge on any atom is -0.466 e. The first kappa shape index (κ1) is 17.5. The van der Waals surface area contributed by atoms with Crippen LogP contribution in [0.15, 0.2) is 42.2 Å². The molecule has 1 aliphatic rings. The lowest BCUT2D eigenvalue weighted by Crippen LogP contribution is -2.32. The van der Waals surface area contributed by atoms with Crippen LogP contribution in [0, 0.1) is 0 Å². The highest BCUT2D eigenvalue weighted by Crippen LogP contribution is 2.35. The molecule has 0 spiro atoms. The van der Waals surface area contributed by atoms with Crippen LogP contribution in [-0.2, 0) is 23.9 Å². The third-order valence-electron chi connectivity index (χ3n) is 3.71. The number of ether oxygens (including phenoxy) is 2. The lowest BCUT2D eigenvalue weighted by atomic mass is 9.92. The fourth-order valence-corrected chi connectivity index (χ4v) is 2.62. The normalized spacial score (nSPS) is 16.4. The minimum absolute atomic E-state index is 0.0151. The van der Waals surface area contributed by atoms with Crippen LogP contribution >= 0.6 is 0 Å². The number of ketones is 1. The predicted molar refractivity (Wildman–Crippen MR) is 87.5 cm³/mol. The number of hydrogen-bond acceptors (Lipinski definition) is 6. The molecule has 1 aromatic rings. The van der Waals surface area contributed by atoms with Gasteiger partial charge in [-0.1, -0.05) is 24.3 Å². The molecule has 1 aromatic carbocycles. The van der Waals surface area contributed by atoms with Crippen LogP contribution in [0.3, 0.4) is 0 Å². The van der Waals surface area contributed by atoms with E-state index in [0.717, 1.165) is 17.2 Å². The Morgan fingerprint density at radius 3 is 2.50 bits per heavy atom. The second-order valence-corrected chi connectivity index (χ2v) is 5.32. The molecule has 6 nitrogen and oxygen atoms in total. The smallest absolute Gasteiger partial charge is 0.354 e. The predicted octanol–water partition coefficient (Wildman–Crippen LogP) is 2.22. The van der Waals surface area contributed by atoms with Gasteiger partial charge in [0.25, 0.3) is 0 Å². The Kier molecular flexibility index (Phi) is 5.52. The monoisotopic (exact) mass is 329 g/mol. The molecule has 2 rings (SSSR count). The van der Waals surface area contributed by atoms with Gasteiger partial charge in [0.2, 0.25) is 0 Å². The van der Waals surface area contributed by atoms with Crippen LogP contribution in [0.4, 0.5) is 0 Å². The number of fused-ring (bicyclic) bond motifs is 1. The molecule has 24 heavy (non-hydrogen) atoms. The molecule has 0 unspecified atom stereocenters. The fourth-order valence-electron chi connectivity index (χ4n) is 2.62. The summed E-state index contributed by atoms with van der Waals surface area (Å²) in [6.45, 7) is 1.49. The van der Waals surface area contributed by atoms with Gasteiger partial charge in [-0.25, -0.2) is 9.59 Å². The number of rotatable bonds is 5. The van der Waals surface area contributed by atoms with Gasteiger partial charge >= 0.3 is 11.9 Å². The molecule has 1 atom stereocenters. The maximum atomic E-state index is 12.1. The van der Waals surface area contributed by atoms with Crippen molar-refractivity contribution in [2.45, 2.75) is 19.4 Å². The molecule has 1 heterocycles. The zero-order valence-corrected chi connectivity index (χ0v) is 13.8. The maximum Gasteiger partial charge on any atom is 0.354 e. The third-order valence-corrected chi connectivity index (χ3v) is 3.71. The number of esters is 2. The van der Waals surface area contributed by atoms with Gasteiger partial charge in [0.05, 0.1) is 26.3 Å². The van der Waals surface area contributed by atoms with E-state index in [-0.39, 0.29) is 17.9 Å². The first-order valence-electron chi connectivity index (χ1n) is 7.40. The summed E-state index contributed by atoms with van der Waals surface area (Å²) in [4.78, 5) is 37.1. The molecule has 0 saturated heterocycles. The molecule has 0 N–H and O–H groups in total. The second kappa shape index (κ2) is 7.59. The summed E-state index contributed by atoms with van der Waals surface area (Å²) in [5.41, 5.74) is 1.87. The summed E-state index contributed by atoms with van der Waals surface area (Å²) in [5.74, 6) is -1.39. The number of Topliss-reactive ketones (excluding diaryl/α,β-unsaturated/α-hetero) is 1. The van der Waals surface area contributed by atoms with Crippen molar-refractivity contribution in [1.82, 2.24) is 4.90 Å². The number of methoxy groups -OCH3 is 2. The van der Waals surface area contributed by atoms with Crippen molar-refractivity contribution < 1.29 is 23.9 Å². The first-order chi connectivity index (χ1) is 11.5. The summed E-state index contributed by atoms with van der Waals surface area (Å²) >= 11 is 0. The molecule has 0 amide bonds. The number of hydrogen-bond donors (Lipinski definition) is 0. The van der Waals surface area contributed by atoms with E-state index in [0.29, 0.717) is 0 Å². The van der Waals surface area contributed by atoms with Crippen LogP contribution in [0.2, 0.25) is 0 Å². The standard InChI is InChI=1S/C18H19NO5/c1-12(20)10-15-14-7-5-4-6-13(14)8-9-19(15)16(18(22)24-3)11-17(21)23-2/h4-9,11,15H,10H2,1-3H3/b16-11+/t15-/m0/s1. The Hall–Kier alpha value is -2.89. The van der Waals surface area contributed by atoms with E-state index in [1.54, 1.807) is 11.1 Å². The molecule has 1 aliphatic heterocycles. The molecule has 0 radical (unpaired) electrons. The largest absolute Gasteiger partial charge is 0.466 e. The van der Waals surface area contributed by atoms with Crippen molar-refractivity contribution in [1.29, 1.82) is 0 Å². The highest BCUT2D eigenvalue weighted by atomic mass is 16.5. The summed E-state index contributed by atoms with van der Waals surface area (Å²) in [6.07, 6.45) is 4.75. The molecule has 6 heteroatoms. The van der Waals surface area contributed by atoms with E-state index in [4.69, 9.17) is 4.74 Å². The molecule has 126 valence electrons. The maximum absolute atomic E-state index is 12.1. The lowest BCUT2D eigenvalue weighted by Gasteiger charge is -2.34.